The van der Waals surface area contributed by atoms with Crippen molar-refractivity contribution < 1.29 is 0 Å². The van der Waals surface area contributed by atoms with Gasteiger partial charge in [0.05, 0.1) is 5.69 Å². The van der Waals surface area contributed by atoms with Crippen molar-refractivity contribution in [1.29, 1.82) is 0 Å². The largest absolute Gasteiger partial charge is 0.358 e. The summed E-state index contributed by atoms with van der Waals surface area (Å²) in [6.45, 7) is 6.36. The van der Waals surface area contributed by atoms with Crippen LogP contribution in [0.25, 0.3) is 5.78 Å². The summed E-state index contributed by atoms with van der Waals surface area (Å²) in [4.78, 5) is 6.95. The van der Waals surface area contributed by atoms with Gasteiger partial charge in [0.25, 0.3) is 5.78 Å². The Balaban J connectivity index is 2.28. The molecule has 90 valence electrons. The van der Waals surface area contributed by atoms with Crippen molar-refractivity contribution >= 4 is 11.6 Å². The quantitative estimate of drug-likeness (QED) is 0.802. The van der Waals surface area contributed by atoms with Crippen molar-refractivity contribution in [3.63, 3.8) is 0 Å². The predicted molar refractivity (Wildman–Crippen MR) is 66.4 cm³/mol. The Kier molecular flexibility index (Phi) is 2.46. The topological polar surface area (TPSA) is 46.3 Å². The molecule has 0 bridgehead atoms. The van der Waals surface area contributed by atoms with Crippen LogP contribution >= 0.6 is 0 Å². The molecule has 0 saturated heterocycles. The number of fused-ring (bicyclic) bond motifs is 2. The average molecular weight is 231 g/mol. The average Bonchev–Trinajstić information content (AvgIpc) is 2.96. The van der Waals surface area contributed by atoms with Crippen molar-refractivity contribution in [3.05, 3.63) is 17.6 Å². The lowest BCUT2D eigenvalue weighted by molar-refractivity contribution is 0.816. The summed E-state index contributed by atoms with van der Waals surface area (Å²) in [5.41, 5.74) is 2.61. The highest BCUT2D eigenvalue weighted by Crippen LogP contribution is 2.30. The van der Waals surface area contributed by atoms with Crippen LogP contribution in [-0.4, -0.2) is 32.7 Å². The molecular weight excluding hydrogens is 214 g/mol. The molecule has 0 radical (unpaired) electrons. The molecule has 0 saturated carbocycles. The molecule has 0 spiro atoms. The first kappa shape index (κ1) is 10.5. The van der Waals surface area contributed by atoms with E-state index in [1.807, 2.05) is 4.40 Å². The molecule has 1 aliphatic carbocycles. The molecule has 5 nitrogen and oxygen atoms in total. The molecule has 2 aromatic heterocycles. The summed E-state index contributed by atoms with van der Waals surface area (Å²) in [5.74, 6) is 1.98. The van der Waals surface area contributed by atoms with Gasteiger partial charge >= 0.3 is 0 Å². The molecule has 0 N–H and O–H groups in total. The van der Waals surface area contributed by atoms with E-state index in [1.165, 1.54) is 23.5 Å². The molecule has 17 heavy (non-hydrogen) atoms. The minimum atomic E-state index is 0.729. The SMILES string of the molecule is CCN(CC)c1c2c(nc3nncn13)CCC2. The maximum Gasteiger partial charge on any atom is 0.256 e. The number of hydrogen-bond donors (Lipinski definition) is 0. The Labute approximate surface area is 100 Å². The Morgan fingerprint density at radius 3 is 2.88 bits per heavy atom. The van der Waals surface area contributed by atoms with E-state index in [4.69, 9.17) is 0 Å². The normalized spacial score (nSPS) is 14.2. The summed E-state index contributed by atoms with van der Waals surface area (Å²) in [6, 6.07) is 0. The van der Waals surface area contributed by atoms with Crippen molar-refractivity contribution in [3.8, 4) is 0 Å². The lowest BCUT2D eigenvalue weighted by atomic mass is 10.2. The minimum absolute atomic E-state index is 0.729. The van der Waals surface area contributed by atoms with Crippen LogP contribution < -0.4 is 4.90 Å². The van der Waals surface area contributed by atoms with Gasteiger partial charge in [-0.25, -0.2) is 4.98 Å². The van der Waals surface area contributed by atoms with Gasteiger partial charge in [-0.15, -0.1) is 10.2 Å². The van der Waals surface area contributed by atoms with Crippen LogP contribution in [0.3, 0.4) is 0 Å². The van der Waals surface area contributed by atoms with Gasteiger partial charge in [-0.05, 0) is 33.1 Å². The fraction of sp³-hybridized carbons (Fsp3) is 0.583. The Morgan fingerprint density at radius 2 is 2.12 bits per heavy atom. The van der Waals surface area contributed by atoms with Crippen molar-refractivity contribution in [2.24, 2.45) is 0 Å². The van der Waals surface area contributed by atoms with Crippen molar-refractivity contribution in [2.75, 3.05) is 18.0 Å². The summed E-state index contributed by atoms with van der Waals surface area (Å²) < 4.78 is 2.02. The molecule has 0 unspecified atom stereocenters. The summed E-state index contributed by atoms with van der Waals surface area (Å²) in [5, 5.41) is 8.06. The maximum atomic E-state index is 4.59. The van der Waals surface area contributed by atoms with Crippen LogP contribution in [0.15, 0.2) is 6.33 Å². The van der Waals surface area contributed by atoms with E-state index in [0.717, 1.165) is 31.7 Å². The zero-order chi connectivity index (χ0) is 11.8. The van der Waals surface area contributed by atoms with E-state index in [-0.39, 0.29) is 0 Å². The maximum absolute atomic E-state index is 4.59. The van der Waals surface area contributed by atoms with Crippen molar-refractivity contribution in [2.45, 2.75) is 33.1 Å². The van der Waals surface area contributed by atoms with Crippen LogP contribution in [0.1, 0.15) is 31.5 Å². The van der Waals surface area contributed by atoms with Gasteiger partial charge < -0.3 is 4.90 Å². The van der Waals surface area contributed by atoms with Crippen LogP contribution in [0.4, 0.5) is 5.82 Å². The van der Waals surface area contributed by atoms with Crippen LogP contribution in [0.5, 0.6) is 0 Å². The highest BCUT2D eigenvalue weighted by molar-refractivity contribution is 5.56. The zero-order valence-electron chi connectivity index (χ0n) is 10.3. The number of nitrogens with zero attached hydrogens (tertiary/aromatic N) is 5. The second-order valence-electron chi connectivity index (χ2n) is 4.39. The van der Waals surface area contributed by atoms with Crippen LogP contribution in [-0.2, 0) is 12.8 Å². The predicted octanol–water partition coefficient (Wildman–Crippen LogP) is 1.46. The monoisotopic (exact) mass is 231 g/mol. The number of rotatable bonds is 3. The molecule has 2 aromatic rings. The van der Waals surface area contributed by atoms with Gasteiger partial charge in [0.1, 0.15) is 12.1 Å². The molecule has 2 heterocycles. The van der Waals surface area contributed by atoms with Gasteiger partial charge in [0.15, 0.2) is 0 Å². The third-order valence-electron chi connectivity index (χ3n) is 3.51. The van der Waals surface area contributed by atoms with Gasteiger partial charge in [0, 0.05) is 18.7 Å². The van der Waals surface area contributed by atoms with Gasteiger partial charge in [-0.3, -0.25) is 4.40 Å². The Hall–Kier alpha value is -1.65. The molecule has 1 aliphatic rings. The zero-order valence-corrected chi connectivity index (χ0v) is 10.3. The number of aryl methyl sites for hydroxylation is 1. The van der Waals surface area contributed by atoms with E-state index in [9.17, 15) is 0 Å². The lowest BCUT2D eigenvalue weighted by Crippen LogP contribution is -2.26. The first-order chi connectivity index (χ1) is 8.35. The third-order valence-corrected chi connectivity index (χ3v) is 3.51. The lowest BCUT2D eigenvalue weighted by Gasteiger charge is -2.24. The number of hydrogen-bond acceptors (Lipinski definition) is 4. The Morgan fingerprint density at radius 1 is 1.29 bits per heavy atom. The van der Waals surface area contributed by atoms with Crippen LogP contribution in [0, 0.1) is 0 Å². The van der Waals surface area contributed by atoms with E-state index in [0.29, 0.717) is 0 Å². The first-order valence-electron chi connectivity index (χ1n) is 6.31. The highest BCUT2D eigenvalue weighted by Gasteiger charge is 2.22. The Bertz CT molecular complexity index is 541. The van der Waals surface area contributed by atoms with Crippen molar-refractivity contribution in [1.82, 2.24) is 19.6 Å². The standard InChI is InChI=1S/C12H17N5/c1-3-16(4-2)11-9-6-5-7-10(9)14-12-15-13-8-17(11)12/h8H,3-7H2,1-2H3. The highest BCUT2D eigenvalue weighted by atomic mass is 15.3. The molecule has 0 aromatic carbocycles. The van der Waals surface area contributed by atoms with Crippen LogP contribution in [0.2, 0.25) is 0 Å². The fourth-order valence-corrected chi connectivity index (χ4v) is 2.68. The molecule has 0 fully saturated rings. The molecule has 0 atom stereocenters. The number of anilines is 1. The molecule has 0 aliphatic heterocycles. The summed E-state index contributed by atoms with van der Waals surface area (Å²) >= 11 is 0. The van der Waals surface area contributed by atoms with Gasteiger partial charge in [-0.1, -0.05) is 0 Å². The molecular formula is C12H17N5. The van der Waals surface area contributed by atoms with E-state index in [1.54, 1.807) is 6.33 Å². The molecule has 3 rings (SSSR count). The smallest absolute Gasteiger partial charge is 0.256 e. The summed E-state index contributed by atoms with van der Waals surface area (Å²) in [6.07, 6.45) is 5.18. The second-order valence-corrected chi connectivity index (χ2v) is 4.39. The summed E-state index contributed by atoms with van der Waals surface area (Å²) in [7, 11) is 0. The minimum Gasteiger partial charge on any atom is -0.358 e. The van der Waals surface area contributed by atoms with E-state index in [2.05, 4.69) is 33.9 Å². The third kappa shape index (κ3) is 1.49. The van der Waals surface area contributed by atoms with Gasteiger partial charge in [-0.2, -0.15) is 0 Å². The second kappa shape index (κ2) is 3.98. The first-order valence-corrected chi connectivity index (χ1v) is 6.31. The number of aromatic nitrogens is 4. The molecule has 0 amide bonds. The fourth-order valence-electron chi connectivity index (χ4n) is 2.68. The van der Waals surface area contributed by atoms with E-state index < -0.39 is 0 Å². The van der Waals surface area contributed by atoms with Gasteiger partial charge in [0.2, 0.25) is 0 Å². The molecule has 5 heteroatoms. The van der Waals surface area contributed by atoms with E-state index >= 15 is 0 Å².